The lowest BCUT2D eigenvalue weighted by atomic mass is 10.1. The Labute approximate surface area is 120 Å². The van der Waals surface area contributed by atoms with E-state index in [0.29, 0.717) is 29.8 Å². The first-order valence-corrected chi connectivity index (χ1v) is 7.71. The van der Waals surface area contributed by atoms with Gasteiger partial charge in [-0.15, -0.1) is 21.5 Å². The molecule has 1 amide bonds. The fourth-order valence-corrected chi connectivity index (χ4v) is 2.94. The number of nitrogens with zero attached hydrogens (tertiary/aromatic N) is 3. The second kappa shape index (κ2) is 6.13. The van der Waals surface area contributed by atoms with E-state index in [1.54, 1.807) is 6.20 Å². The Hall–Kier alpha value is -1.76. The molecule has 0 spiro atoms. The van der Waals surface area contributed by atoms with Gasteiger partial charge in [-0.3, -0.25) is 4.79 Å². The summed E-state index contributed by atoms with van der Waals surface area (Å²) in [6.07, 6.45) is 7.19. The molecule has 1 saturated carbocycles. The van der Waals surface area contributed by atoms with Crippen molar-refractivity contribution in [1.82, 2.24) is 15.2 Å². The molecule has 2 aromatic heterocycles. The standard InChI is InChI=1S/C13H16N4O2S/c18-10(15-13-14-7-8-20-13)5-6-11-16-17-12(19-11)9-3-1-2-4-9/h7-9H,1-6H2,(H,14,15,18). The highest BCUT2D eigenvalue weighted by molar-refractivity contribution is 7.13. The molecule has 1 fully saturated rings. The summed E-state index contributed by atoms with van der Waals surface area (Å²) < 4.78 is 5.64. The number of aryl methyl sites for hydroxylation is 1. The number of carbonyl (C=O) groups excluding carboxylic acids is 1. The average molecular weight is 292 g/mol. The Morgan fingerprint density at radius 2 is 2.25 bits per heavy atom. The Morgan fingerprint density at radius 1 is 1.40 bits per heavy atom. The molecule has 1 N–H and O–H groups in total. The van der Waals surface area contributed by atoms with Crippen LogP contribution in [0.1, 0.15) is 49.8 Å². The van der Waals surface area contributed by atoms with Gasteiger partial charge in [-0.25, -0.2) is 4.98 Å². The topological polar surface area (TPSA) is 80.9 Å². The highest BCUT2D eigenvalue weighted by atomic mass is 32.1. The number of nitrogens with one attached hydrogen (secondary N) is 1. The van der Waals surface area contributed by atoms with Gasteiger partial charge in [-0.1, -0.05) is 12.8 Å². The summed E-state index contributed by atoms with van der Waals surface area (Å²) in [5.41, 5.74) is 0. The second-order valence-corrected chi connectivity index (χ2v) is 5.80. The molecule has 2 aromatic rings. The van der Waals surface area contributed by atoms with Crippen molar-refractivity contribution in [1.29, 1.82) is 0 Å². The van der Waals surface area contributed by atoms with E-state index in [4.69, 9.17) is 4.42 Å². The lowest BCUT2D eigenvalue weighted by Gasteiger charge is -2.01. The van der Waals surface area contributed by atoms with Crippen molar-refractivity contribution < 1.29 is 9.21 Å². The van der Waals surface area contributed by atoms with Crippen LogP contribution in [0.4, 0.5) is 5.13 Å². The molecular weight excluding hydrogens is 276 g/mol. The highest BCUT2D eigenvalue weighted by Crippen LogP contribution is 2.33. The second-order valence-electron chi connectivity index (χ2n) is 4.90. The van der Waals surface area contributed by atoms with E-state index in [1.165, 1.54) is 24.2 Å². The van der Waals surface area contributed by atoms with Gasteiger partial charge in [0.25, 0.3) is 0 Å². The zero-order valence-corrected chi connectivity index (χ0v) is 11.9. The molecule has 2 heterocycles. The first-order valence-electron chi connectivity index (χ1n) is 6.83. The summed E-state index contributed by atoms with van der Waals surface area (Å²) in [6, 6.07) is 0. The summed E-state index contributed by atoms with van der Waals surface area (Å²) in [5, 5.41) is 13.3. The Bertz CT molecular complexity index is 561. The molecule has 106 valence electrons. The highest BCUT2D eigenvalue weighted by Gasteiger charge is 2.22. The van der Waals surface area contributed by atoms with Crippen LogP contribution in [0.25, 0.3) is 0 Å². The van der Waals surface area contributed by atoms with Gasteiger partial charge in [0.2, 0.25) is 17.7 Å². The summed E-state index contributed by atoms with van der Waals surface area (Å²) in [6.45, 7) is 0. The number of thiazole rings is 1. The normalized spacial score (nSPS) is 15.6. The monoisotopic (exact) mass is 292 g/mol. The molecule has 20 heavy (non-hydrogen) atoms. The largest absolute Gasteiger partial charge is 0.425 e. The van der Waals surface area contributed by atoms with Crippen LogP contribution < -0.4 is 5.32 Å². The van der Waals surface area contributed by atoms with Crippen LogP contribution in [-0.2, 0) is 11.2 Å². The maximum absolute atomic E-state index is 11.7. The molecule has 1 aliphatic carbocycles. The van der Waals surface area contributed by atoms with E-state index in [0.717, 1.165) is 18.7 Å². The van der Waals surface area contributed by atoms with Gasteiger partial charge in [-0.2, -0.15) is 0 Å². The summed E-state index contributed by atoms with van der Waals surface area (Å²) >= 11 is 1.40. The number of hydrogen-bond acceptors (Lipinski definition) is 6. The molecule has 0 unspecified atom stereocenters. The van der Waals surface area contributed by atoms with Crippen molar-refractivity contribution in [3.8, 4) is 0 Å². The maximum atomic E-state index is 11.7. The van der Waals surface area contributed by atoms with Gasteiger partial charge in [0.05, 0.1) is 0 Å². The summed E-state index contributed by atoms with van der Waals surface area (Å²) in [5.74, 6) is 1.61. The lowest BCUT2D eigenvalue weighted by Crippen LogP contribution is -2.12. The predicted molar refractivity (Wildman–Crippen MR) is 74.6 cm³/mol. The fraction of sp³-hybridized carbons (Fsp3) is 0.538. The van der Waals surface area contributed by atoms with Crippen molar-refractivity contribution in [2.75, 3.05) is 5.32 Å². The fourth-order valence-electron chi connectivity index (χ4n) is 2.39. The van der Waals surface area contributed by atoms with E-state index in [-0.39, 0.29) is 5.91 Å². The number of rotatable bonds is 5. The van der Waals surface area contributed by atoms with E-state index >= 15 is 0 Å². The minimum absolute atomic E-state index is 0.0828. The number of amides is 1. The summed E-state index contributed by atoms with van der Waals surface area (Å²) in [7, 11) is 0. The van der Waals surface area contributed by atoms with Crippen LogP contribution in [0.5, 0.6) is 0 Å². The SMILES string of the molecule is O=C(CCc1nnc(C2CCCC2)o1)Nc1nccs1. The molecule has 1 aliphatic rings. The van der Waals surface area contributed by atoms with Crippen LogP contribution in [0, 0.1) is 0 Å². The van der Waals surface area contributed by atoms with Crippen LogP contribution in [0.2, 0.25) is 0 Å². The zero-order valence-electron chi connectivity index (χ0n) is 11.0. The van der Waals surface area contributed by atoms with Crippen LogP contribution in [0.15, 0.2) is 16.0 Å². The molecule has 0 saturated heterocycles. The minimum atomic E-state index is -0.0828. The van der Waals surface area contributed by atoms with E-state index < -0.39 is 0 Å². The van der Waals surface area contributed by atoms with Crippen LogP contribution in [0.3, 0.4) is 0 Å². The Balaban J connectivity index is 1.49. The first-order chi connectivity index (χ1) is 9.81. The smallest absolute Gasteiger partial charge is 0.226 e. The van der Waals surface area contributed by atoms with Crippen molar-refractivity contribution in [3.63, 3.8) is 0 Å². The predicted octanol–water partition coefficient (Wildman–Crippen LogP) is 2.76. The molecule has 0 bridgehead atoms. The first kappa shape index (κ1) is 13.2. The molecule has 0 atom stereocenters. The third-order valence-electron chi connectivity index (χ3n) is 3.43. The van der Waals surface area contributed by atoms with Crippen LogP contribution >= 0.6 is 11.3 Å². The molecule has 0 aliphatic heterocycles. The van der Waals surface area contributed by atoms with Crippen molar-refractivity contribution in [2.45, 2.75) is 44.4 Å². The summed E-state index contributed by atoms with van der Waals surface area (Å²) in [4.78, 5) is 15.7. The van der Waals surface area contributed by atoms with Crippen molar-refractivity contribution in [3.05, 3.63) is 23.4 Å². The molecule has 3 rings (SSSR count). The molecule has 0 radical (unpaired) electrons. The number of hydrogen-bond donors (Lipinski definition) is 1. The van der Waals surface area contributed by atoms with Gasteiger partial charge < -0.3 is 9.73 Å². The Kier molecular flexibility index (Phi) is 4.05. The van der Waals surface area contributed by atoms with Gasteiger partial charge in [0.1, 0.15) is 0 Å². The van der Waals surface area contributed by atoms with E-state index in [9.17, 15) is 4.79 Å². The zero-order chi connectivity index (χ0) is 13.8. The quantitative estimate of drug-likeness (QED) is 0.916. The maximum Gasteiger partial charge on any atom is 0.226 e. The van der Waals surface area contributed by atoms with Crippen molar-refractivity contribution in [2.24, 2.45) is 0 Å². The lowest BCUT2D eigenvalue weighted by molar-refractivity contribution is -0.116. The number of anilines is 1. The average Bonchev–Trinajstić information content (AvgIpc) is 3.18. The van der Waals surface area contributed by atoms with Gasteiger partial charge in [0, 0.05) is 30.3 Å². The van der Waals surface area contributed by atoms with Gasteiger partial charge in [-0.05, 0) is 12.8 Å². The Morgan fingerprint density at radius 3 is 3.00 bits per heavy atom. The van der Waals surface area contributed by atoms with E-state index in [1.807, 2.05) is 5.38 Å². The minimum Gasteiger partial charge on any atom is -0.425 e. The third kappa shape index (κ3) is 3.22. The molecular formula is C13H16N4O2S. The van der Waals surface area contributed by atoms with Gasteiger partial charge >= 0.3 is 0 Å². The van der Waals surface area contributed by atoms with Gasteiger partial charge in [0.15, 0.2) is 5.13 Å². The number of carbonyl (C=O) groups is 1. The molecule has 6 nitrogen and oxygen atoms in total. The van der Waals surface area contributed by atoms with E-state index in [2.05, 4.69) is 20.5 Å². The third-order valence-corrected chi connectivity index (χ3v) is 4.12. The number of aromatic nitrogens is 3. The van der Waals surface area contributed by atoms with Crippen molar-refractivity contribution >= 4 is 22.4 Å². The molecule has 7 heteroatoms. The molecule has 0 aromatic carbocycles. The van der Waals surface area contributed by atoms with Crippen LogP contribution in [-0.4, -0.2) is 21.1 Å².